The summed E-state index contributed by atoms with van der Waals surface area (Å²) in [6, 6.07) is 1.17. The molecule has 2 aliphatic rings. The van der Waals surface area contributed by atoms with Crippen LogP contribution in [0.2, 0.25) is 0 Å². The van der Waals surface area contributed by atoms with E-state index in [4.69, 9.17) is 5.11 Å². The molecule has 6 nitrogen and oxygen atoms in total. The second-order valence-corrected chi connectivity index (χ2v) is 8.05. The van der Waals surface area contributed by atoms with Gasteiger partial charge in [-0.15, -0.1) is 0 Å². The molecule has 2 heterocycles. The van der Waals surface area contributed by atoms with Crippen LogP contribution in [0.1, 0.15) is 55.8 Å². The van der Waals surface area contributed by atoms with Crippen molar-refractivity contribution < 1.29 is 27.9 Å². The van der Waals surface area contributed by atoms with Crippen molar-refractivity contribution in [2.75, 3.05) is 6.54 Å². The number of fused-ring (bicyclic) bond motifs is 1. The number of halogens is 3. The van der Waals surface area contributed by atoms with Crippen molar-refractivity contribution in [3.05, 3.63) is 29.1 Å². The molecule has 9 heteroatoms. The third kappa shape index (κ3) is 5.46. The zero-order chi connectivity index (χ0) is 21.2. The molecular weight excluding hydrogens is 387 g/mol. The number of carboxylic acids is 1. The lowest BCUT2D eigenvalue weighted by Gasteiger charge is -2.35. The molecule has 29 heavy (non-hydrogen) atoms. The molecule has 0 saturated heterocycles. The highest BCUT2D eigenvalue weighted by molar-refractivity contribution is 5.79. The Morgan fingerprint density at radius 2 is 2.00 bits per heavy atom. The van der Waals surface area contributed by atoms with Crippen LogP contribution >= 0.6 is 0 Å². The summed E-state index contributed by atoms with van der Waals surface area (Å²) in [5, 5.41) is 12.1. The van der Waals surface area contributed by atoms with Gasteiger partial charge in [-0.25, -0.2) is 0 Å². The molecule has 1 aromatic heterocycles. The molecule has 1 aliphatic heterocycles. The minimum Gasteiger partial charge on any atom is -0.481 e. The molecule has 160 valence electrons. The van der Waals surface area contributed by atoms with Crippen LogP contribution in [-0.2, 0) is 28.7 Å². The highest BCUT2D eigenvalue weighted by Crippen LogP contribution is 2.32. The Labute approximate surface area is 167 Å². The van der Waals surface area contributed by atoms with Crippen molar-refractivity contribution >= 4 is 11.9 Å². The lowest BCUT2D eigenvalue weighted by atomic mass is 9.84. The van der Waals surface area contributed by atoms with Crippen LogP contribution in [-0.4, -0.2) is 45.5 Å². The van der Waals surface area contributed by atoms with Gasteiger partial charge in [-0.05, 0) is 44.2 Å². The van der Waals surface area contributed by atoms with E-state index < -0.39 is 17.7 Å². The number of aliphatic carboxylic acids is 1. The van der Waals surface area contributed by atoms with E-state index in [1.807, 2.05) is 6.92 Å². The van der Waals surface area contributed by atoms with Gasteiger partial charge >= 0.3 is 12.1 Å². The van der Waals surface area contributed by atoms with Gasteiger partial charge in [0.2, 0.25) is 5.91 Å². The van der Waals surface area contributed by atoms with E-state index in [-0.39, 0.29) is 36.9 Å². The van der Waals surface area contributed by atoms with E-state index in [1.54, 1.807) is 4.90 Å². The topological polar surface area (TPSA) is 82.5 Å². The van der Waals surface area contributed by atoms with Crippen molar-refractivity contribution in [3.8, 4) is 0 Å². The lowest BCUT2D eigenvalue weighted by Crippen LogP contribution is -2.44. The minimum absolute atomic E-state index is 0.00917. The minimum atomic E-state index is -4.45. The Morgan fingerprint density at radius 3 is 2.62 bits per heavy atom. The number of carbonyl (C=O) groups is 2. The van der Waals surface area contributed by atoms with Crippen molar-refractivity contribution in [3.63, 3.8) is 0 Å². The second kappa shape index (κ2) is 8.69. The molecule has 1 unspecified atom stereocenters. The fourth-order valence-corrected chi connectivity index (χ4v) is 4.26. The number of carbonyl (C=O) groups excluding carboxylic acids is 1. The summed E-state index contributed by atoms with van der Waals surface area (Å²) in [7, 11) is 0. The van der Waals surface area contributed by atoms with E-state index in [2.05, 4.69) is 10.3 Å². The third-order valence-corrected chi connectivity index (χ3v) is 5.76. The molecule has 0 radical (unpaired) electrons. The maximum atomic E-state index is 12.9. The molecule has 1 aliphatic carbocycles. The van der Waals surface area contributed by atoms with Crippen molar-refractivity contribution in [1.29, 1.82) is 0 Å². The molecule has 1 fully saturated rings. The first-order valence-corrected chi connectivity index (χ1v) is 9.95. The monoisotopic (exact) mass is 413 g/mol. The SMILES string of the molecule is CC(CC(=O)O)NC1CCC(C(=O)N2CCc3ncc(C(F)(F)F)cc3C2)CC1. The van der Waals surface area contributed by atoms with Crippen molar-refractivity contribution in [2.45, 2.75) is 70.3 Å². The number of amides is 1. The van der Waals surface area contributed by atoms with Gasteiger partial charge < -0.3 is 15.3 Å². The number of nitrogens with one attached hydrogen (secondary N) is 1. The number of aromatic nitrogens is 1. The number of carboxylic acid groups (broad SMARTS) is 1. The Kier molecular flexibility index (Phi) is 6.45. The zero-order valence-electron chi connectivity index (χ0n) is 16.3. The molecule has 1 amide bonds. The number of pyridine rings is 1. The Hall–Kier alpha value is -2.16. The highest BCUT2D eigenvalue weighted by Gasteiger charge is 2.34. The molecule has 1 saturated carbocycles. The van der Waals surface area contributed by atoms with Crippen molar-refractivity contribution in [1.82, 2.24) is 15.2 Å². The maximum absolute atomic E-state index is 12.9. The van der Waals surface area contributed by atoms with Crippen LogP contribution in [0.3, 0.4) is 0 Å². The normalized spacial score (nSPS) is 23.4. The van der Waals surface area contributed by atoms with Gasteiger partial charge in [-0.3, -0.25) is 14.6 Å². The van der Waals surface area contributed by atoms with Gasteiger partial charge in [0.15, 0.2) is 0 Å². The second-order valence-electron chi connectivity index (χ2n) is 8.05. The largest absolute Gasteiger partial charge is 0.481 e. The number of nitrogens with zero attached hydrogens (tertiary/aromatic N) is 2. The average molecular weight is 413 g/mol. The van der Waals surface area contributed by atoms with E-state index in [1.165, 1.54) is 0 Å². The van der Waals surface area contributed by atoms with Crippen molar-refractivity contribution in [2.24, 2.45) is 5.92 Å². The molecule has 0 aromatic carbocycles. The Balaban J connectivity index is 1.55. The van der Waals surface area contributed by atoms with E-state index in [9.17, 15) is 22.8 Å². The quantitative estimate of drug-likeness (QED) is 0.776. The lowest BCUT2D eigenvalue weighted by molar-refractivity contribution is -0.138. The number of hydrogen-bond acceptors (Lipinski definition) is 4. The van der Waals surface area contributed by atoms with Gasteiger partial charge in [0.05, 0.1) is 12.0 Å². The summed E-state index contributed by atoms with van der Waals surface area (Å²) in [6.45, 7) is 2.47. The predicted octanol–water partition coefficient (Wildman–Crippen LogP) is 3.00. The Morgan fingerprint density at radius 1 is 1.31 bits per heavy atom. The molecule has 0 spiro atoms. The molecule has 3 rings (SSSR count). The summed E-state index contributed by atoms with van der Waals surface area (Å²) in [6.07, 6.45) is -0.119. The maximum Gasteiger partial charge on any atom is 0.417 e. The van der Waals surface area contributed by atoms with Gasteiger partial charge in [0.25, 0.3) is 0 Å². The van der Waals surface area contributed by atoms with E-state index in [0.29, 0.717) is 37.1 Å². The van der Waals surface area contributed by atoms with Crippen LogP contribution < -0.4 is 5.32 Å². The zero-order valence-corrected chi connectivity index (χ0v) is 16.3. The Bertz CT molecular complexity index is 761. The van der Waals surface area contributed by atoms with Gasteiger partial charge in [-0.2, -0.15) is 13.2 Å². The van der Waals surface area contributed by atoms with Crippen LogP contribution in [0, 0.1) is 5.92 Å². The van der Waals surface area contributed by atoms with Crippen LogP contribution in [0.4, 0.5) is 13.2 Å². The van der Waals surface area contributed by atoms with Crippen LogP contribution in [0.5, 0.6) is 0 Å². The van der Waals surface area contributed by atoms with Gasteiger partial charge in [0, 0.05) is 49.4 Å². The first kappa shape index (κ1) is 21.5. The van der Waals surface area contributed by atoms with E-state index >= 15 is 0 Å². The summed E-state index contributed by atoms with van der Waals surface area (Å²) in [4.78, 5) is 29.3. The molecule has 2 N–H and O–H groups in total. The smallest absolute Gasteiger partial charge is 0.417 e. The summed E-state index contributed by atoms with van der Waals surface area (Å²) < 4.78 is 38.8. The molecule has 1 aromatic rings. The van der Waals surface area contributed by atoms with Crippen LogP contribution in [0.25, 0.3) is 0 Å². The highest BCUT2D eigenvalue weighted by atomic mass is 19.4. The van der Waals surface area contributed by atoms with Gasteiger partial charge in [-0.1, -0.05) is 0 Å². The molecular formula is C20H26F3N3O3. The fraction of sp³-hybridized carbons (Fsp3) is 0.650. The summed E-state index contributed by atoms with van der Waals surface area (Å²) in [5.41, 5.74) is 0.312. The average Bonchev–Trinajstić information content (AvgIpc) is 2.65. The van der Waals surface area contributed by atoms with Crippen LogP contribution in [0.15, 0.2) is 12.3 Å². The standard InChI is InChI=1S/C20H26F3N3O3/c1-12(8-18(27)28)25-16-4-2-13(3-5-16)19(29)26-7-6-17-14(11-26)9-15(10-24-17)20(21,22)23/h9-10,12-13,16,25H,2-8,11H2,1H3,(H,27,28). The first-order valence-electron chi connectivity index (χ1n) is 9.95. The summed E-state index contributed by atoms with van der Waals surface area (Å²) >= 11 is 0. The molecule has 1 atom stereocenters. The summed E-state index contributed by atoms with van der Waals surface area (Å²) in [5.74, 6) is -0.990. The van der Waals surface area contributed by atoms with E-state index in [0.717, 1.165) is 25.1 Å². The predicted molar refractivity (Wildman–Crippen MR) is 99.0 cm³/mol. The number of alkyl halides is 3. The molecule has 0 bridgehead atoms. The number of hydrogen-bond donors (Lipinski definition) is 2. The third-order valence-electron chi connectivity index (χ3n) is 5.76. The van der Waals surface area contributed by atoms with Gasteiger partial charge in [0.1, 0.15) is 0 Å². The first-order chi connectivity index (χ1) is 13.6. The fourth-order valence-electron chi connectivity index (χ4n) is 4.26. The number of rotatable bonds is 5.